The number of amides is 1. The highest BCUT2D eigenvalue weighted by Crippen LogP contribution is 2.27. The smallest absolute Gasteiger partial charge is 0.240 e. The molecule has 5 nitrogen and oxygen atoms in total. The molecule has 2 aliphatic rings. The Hall–Kier alpha value is -0.650. The van der Waals surface area contributed by atoms with E-state index in [9.17, 15) is 4.79 Å². The summed E-state index contributed by atoms with van der Waals surface area (Å²) >= 11 is 0. The van der Waals surface area contributed by atoms with Gasteiger partial charge in [0.25, 0.3) is 0 Å². The van der Waals surface area contributed by atoms with Crippen LogP contribution in [0.3, 0.4) is 0 Å². The van der Waals surface area contributed by atoms with Crippen LogP contribution in [0.15, 0.2) is 0 Å². The van der Waals surface area contributed by atoms with Crippen LogP contribution in [0, 0.1) is 5.92 Å². The Balaban J connectivity index is 1.94. The molecule has 0 aromatic rings. The molecule has 0 spiro atoms. The zero-order valence-corrected chi connectivity index (χ0v) is 14.3. The number of ether oxygens (including phenoxy) is 1. The number of nitrogens with zero attached hydrogens (tertiary/aromatic N) is 1. The van der Waals surface area contributed by atoms with Crippen molar-refractivity contribution in [2.45, 2.75) is 64.0 Å². The average molecular weight is 311 g/mol. The van der Waals surface area contributed by atoms with Gasteiger partial charge in [0.05, 0.1) is 18.8 Å². The first-order chi connectivity index (χ1) is 10.6. The quantitative estimate of drug-likeness (QED) is 0.748. The number of hydrogen-bond acceptors (Lipinski definition) is 4. The fourth-order valence-electron chi connectivity index (χ4n) is 3.94. The highest BCUT2D eigenvalue weighted by atomic mass is 16.5. The molecule has 1 heterocycles. The molecule has 1 amide bonds. The van der Waals surface area contributed by atoms with Gasteiger partial charge in [0.1, 0.15) is 0 Å². The monoisotopic (exact) mass is 311 g/mol. The fourth-order valence-corrected chi connectivity index (χ4v) is 3.94. The zero-order chi connectivity index (χ0) is 16.0. The van der Waals surface area contributed by atoms with E-state index in [1.54, 1.807) is 0 Å². The maximum Gasteiger partial charge on any atom is 0.240 e. The maximum absolute atomic E-state index is 12.5. The lowest BCUT2D eigenvalue weighted by atomic mass is 9.91. The van der Waals surface area contributed by atoms with Gasteiger partial charge in [-0.15, -0.1) is 0 Å². The predicted octanol–water partition coefficient (Wildman–Crippen LogP) is 1.51. The molecule has 1 aliphatic carbocycles. The molecule has 2 fully saturated rings. The largest absolute Gasteiger partial charge is 0.379 e. The molecule has 22 heavy (non-hydrogen) atoms. The third-order valence-corrected chi connectivity index (χ3v) is 5.53. The number of carbonyl (C=O) groups is 1. The van der Waals surface area contributed by atoms with Crippen molar-refractivity contribution in [1.29, 1.82) is 0 Å². The van der Waals surface area contributed by atoms with Gasteiger partial charge in [-0.3, -0.25) is 9.69 Å². The van der Waals surface area contributed by atoms with E-state index in [2.05, 4.69) is 24.1 Å². The van der Waals surface area contributed by atoms with Crippen LogP contribution in [-0.4, -0.2) is 55.2 Å². The minimum absolute atomic E-state index is 0.0502. The molecule has 0 radical (unpaired) electrons. The van der Waals surface area contributed by atoms with Crippen LogP contribution in [0.25, 0.3) is 0 Å². The van der Waals surface area contributed by atoms with Crippen molar-refractivity contribution >= 4 is 5.91 Å². The normalized spacial score (nSPS) is 23.6. The lowest BCUT2D eigenvalue weighted by Gasteiger charge is -2.39. The third-order valence-electron chi connectivity index (χ3n) is 5.53. The van der Waals surface area contributed by atoms with Gasteiger partial charge in [-0.1, -0.05) is 39.5 Å². The van der Waals surface area contributed by atoms with Crippen molar-refractivity contribution in [3.05, 3.63) is 0 Å². The zero-order valence-electron chi connectivity index (χ0n) is 14.3. The van der Waals surface area contributed by atoms with Crippen LogP contribution < -0.4 is 11.1 Å². The number of morpholine rings is 1. The summed E-state index contributed by atoms with van der Waals surface area (Å²) in [6.07, 6.45) is 6.08. The number of hydrogen-bond donors (Lipinski definition) is 2. The molecule has 1 saturated heterocycles. The second-order valence-corrected chi connectivity index (χ2v) is 6.87. The lowest BCUT2D eigenvalue weighted by molar-refractivity contribution is -0.126. The highest BCUT2D eigenvalue weighted by molar-refractivity contribution is 5.86. The molecule has 0 aromatic carbocycles. The van der Waals surface area contributed by atoms with Crippen molar-refractivity contribution in [3.8, 4) is 0 Å². The van der Waals surface area contributed by atoms with Crippen molar-refractivity contribution in [1.82, 2.24) is 10.2 Å². The topological polar surface area (TPSA) is 67.6 Å². The number of nitrogens with two attached hydrogens (primary N) is 1. The molecule has 5 heteroatoms. The van der Waals surface area contributed by atoms with Gasteiger partial charge in [-0.2, -0.15) is 0 Å². The maximum atomic E-state index is 12.5. The Bertz CT molecular complexity index is 346. The first-order valence-electron chi connectivity index (χ1n) is 8.99. The van der Waals surface area contributed by atoms with Crippen LogP contribution in [-0.2, 0) is 9.53 Å². The Labute approximate surface area is 134 Å². The summed E-state index contributed by atoms with van der Waals surface area (Å²) in [7, 11) is 0. The Morgan fingerprint density at radius 1 is 1.23 bits per heavy atom. The summed E-state index contributed by atoms with van der Waals surface area (Å²) in [6, 6.07) is 0.396. The summed E-state index contributed by atoms with van der Waals surface area (Å²) < 4.78 is 5.47. The van der Waals surface area contributed by atoms with E-state index >= 15 is 0 Å². The van der Waals surface area contributed by atoms with Gasteiger partial charge in [-0.25, -0.2) is 0 Å². The summed E-state index contributed by atoms with van der Waals surface area (Å²) in [5.41, 5.74) is 5.64. The van der Waals surface area contributed by atoms with E-state index in [-0.39, 0.29) is 5.91 Å². The van der Waals surface area contributed by atoms with E-state index in [4.69, 9.17) is 10.5 Å². The molecule has 1 unspecified atom stereocenters. The third kappa shape index (κ3) is 4.21. The molecule has 128 valence electrons. The van der Waals surface area contributed by atoms with Crippen LogP contribution in [0.5, 0.6) is 0 Å². The molecular formula is C17H33N3O2. The Morgan fingerprint density at radius 3 is 2.36 bits per heavy atom. The Morgan fingerprint density at radius 2 is 1.82 bits per heavy atom. The summed E-state index contributed by atoms with van der Waals surface area (Å²) in [5.74, 6) is 0.657. The van der Waals surface area contributed by atoms with Gasteiger partial charge in [0.2, 0.25) is 5.91 Å². The predicted molar refractivity (Wildman–Crippen MR) is 88.6 cm³/mol. The van der Waals surface area contributed by atoms with E-state index < -0.39 is 5.54 Å². The van der Waals surface area contributed by atoms with Crippen molar-refractivity contribution in [2.24, 2.45) is 11.7 Å². The van der Waals surface area contributed by atoms with Crippen molar-refractivity contribution in [3.63, 3.8) is 0 Å². The first kappa shape index (κ1) is 17.7. The van der Waals surface area contributed by atoms with E-state index in [1.165, 1.54) is 0 Å². The number of carbonyl (C=O) groups excluding carboxylic acids is 1. The Kier molecular flexibility index (Phi) is 6.66. The second kappa shape index (κ2) is 8.27. The minimum atomic E-state index is -0.622. The molecule has 3 N–H and O–H groups in total. The highest BCUT2D eigenvalue weighted by Gasteiger charge is 2.37. The summed E-state index contributed by atoms with van der Waals surface area (Å²) in [5, 5.41) is 3.17. The van der Waals surface area contributed by atoms with E-state index in [0.717, 1.165) is 64.8 Å². The van der Waals surface area contributed by atoms with Crippen LogP contribution >= 0.6 is 0 Å². The van der Waals surface area contributed by atoms with Crippen LogP contribution in [0.4, 0.5) is 0 Å². The first-order valence-corrected chi connectivity index (χ1v) is 8.99. The molecule has 2 rings (SSSR count). The van der Waals surface area contributed by atoms with Gasteiger partial charge in [0, 0.05) is 25.7 Å². The SMILES string of the molecule is CCC(CC)C(CNC(=O)C1(N)CCCC1)N1CCOCC1. The molecule has 1 atom stereocenters. The van der Waals surface area contributed by atoms with Gasteiger partial charge in [0.15, 0.2) is 0 Å². The van der Waals surface area contributed by atoms with Crippen LogP contribution in [0.2, 0.25) is 0 Å². The summed E-state index contributed by atoms with van der Waals surface area (Å²) in [4.78, 5) is 15.0. The van der Waals surface area contributed by atoms with Crippen LogP contribution in [0.1, 0.15) is 52.4 Å². The number of nitrogens with one attached hydrogen (secondary N) is 1. The summed E-state index contributed by atoms with van der Waals surface area (Å²) in [6.45, 7) is 8.71. The lowest BCUT2D eigenvalue weighted by Crippen LogP contribution is -2.57. The van der Waals surface area contributed by atoms with Crippen molar-refractivity contribution < 1.29 is 9.53 Å². The molecule has 1 saturated carbocycles. The number of rotatable bonds is 7. The standard InChI is InChI=1S/C17H33N3O2/c1-3-14(4-2)15(20-9-11-22-12-10-20)13-19-16(21)17(18)7-5-6-8-17/h14-15H,3-13,18H2,1-2H3,(H,19,21). The second-order valence-electron chi connectivity index (χ2n) is 6.87. The van der Waals surface area contributed by atoms with Gasteiger partial charge in [-0.05, 0) is 18.8 Å². The minimum Gasteiger partial charge on any atom is -0.379 e. The molecule has 0 aromatic heterocycles. The van der Waals surface area contributed by atoms with Crippen molar-refractivity contribution in [2.75, 3.05) is 32.8 Å². The fraction of sp³-hybridized carbons (Fsp3) is 0.941. The molecule has 0 bridgehead atoms. The van der Waals surface area contributed by atoms with Gasteiger partial charge < -0.3 is 15.8 Å². The van der Waals surface area contributed by atoms with Gasteiger partial charge >= 0.3 is 0 Å². The molecular weight excluding hydrogens is 278 g/mol. The van der Waals surface area contributed by atoms with E-state index in [0.29, 0.717) is 18.5 Å². The molecule has 1 aliphatic heterocycles. The average Bonchev–Trinajstić information content (AvgIpc) is 3.00. The van der Waals surface area contributed by atoms with E-state index in [1.807, 2.05) is 0 Å².